The fraction of sp³-hybridized carbons (Fsp3) is 0.333. The van der Waals surface area contributed by atoms with E-state index in [1.807, 2.05) is 0 Å². The highest BCUT2D eigenvalue weighted by molar-refractivity contribution is 8.14. The third-order valence-electron chi connectivity index (χ3n) is 4.55. The number of carbonyl (C=O) groups excluding carboxylic acids is 2. The number of amides is 2. The zero-order chi connectivity index (χ0) is 22.3. The van der Waals surface area contributed by atoms with Crippen LogP contribution in [0.15, 0.2) is 62.0 Å². The molecule has 2 aromatic rings. The molecule has 8 nitrogen and oxygen atoms in total. The van der Waals surface area contributed by atoms with Crippen molar-refractivity contribution in [1.29, 1.82) is 0 Å². The van der Waals surface area contributed by atoms with Gasteiger partial charge in [0, 0.05) is 6.21 Å². The quantitative estimate of drug-likeness (QED) is 0.613. The van der Waals surface area contributed by atoms with E-state index >= 15 is 0 Å². The fourth-order valence-electron chi connectivity index (χ4n) is 2.82. The number of sulfone groups is 1. The van der Waals surface area contributed by atoms with Crippen LogP contribution < -0.4 is 5.32 Å². The molecule has 0 aliphatic carbocycles. The highest BCUT2D eigenvalue weighted by Crippen LogP contribution is 2.21. The number of rotatable bonds is 9. The number of hydrogen-bond donors (Lipinski definition) is 1. The van der Waals surface area contributed by atoms with E-state index in [2.05, 4.69) is 22.2 Å². The highest BCUT2D eigenvalue weighted by atomic mass is 32.2. The third kappa shape index (κ3) is 6.14. The van der Waals surface area contributed by atoms with Crippen molar-refractivity contribution < 1.29 is 22.4 Å². The van der Waals surface area contributed by atoms with Gasteiger partial charge in [0.2, 0.25) is 5.91 Å². The van der Waals surface area contributed by atoms with Gasteiger partial charge in [-0.05, 0) is 42.7 Å². The molecule has 0 bridgehead atoms. The van der Waals surface area contributed by atoms with Crippen molar-refractivity contribution in [1.82, 2.24) is 5.32 Å². The number of carbonyl (C=O) groups is 2. The zero-order valence-electron chi connectivity index (χ0n) is 17.0. The van der Waals surface area contributed by atoms with Crippen LogP contribution >= 0.6 is 11.8 Å². The second-order valence-corrected chi connectivity index (χ2v) is 9.88. The van der Waals surface area contributed by atoms with E-state index in [1.54, 1.807) is 24.3 Å². The van der Waals surface area contributed by atoms with Crippen LogP contribution in [0.25, 0.3) is 0 Å². The van der Waals surface area contributed by atoms with Crippen molar-refractivity contribution >= 4 is 44.8 Å². The van der Waals surface area contributed by atoms with E-state index in [1.165, 1.54) is 18.4 Å². The van der Waals surface area contributed by atoms with Crippen molar-refractivity contribution in [2.45, 2.75) is 42.9 Å². The first kappa shape index (κ1) is 23.0. The summed E-state index contributed by atoms with van der Waals surface area (Å²) >= 11 is 0.958. The first-order chi connectivity index (χ1) is 14.9. The molecule has 10 heteroatoms. The number of aliphatic imine (C=N–C) groups is 2. The lowest BCUT2D eigenvalue weighted by molar-refractivity contribution is -0.119. The van der Waals surface area contributed by atoms with Crippen molar-refractivity contribution in [3.8, 4) is 0 Å². The van der Waals surface area contributed by atoms with Crippen LogP contribution in [0, 0.1) is 0 Å². The molecule has 164 valence electrons. The number of hydrogen-bond acceptors (Lipinski definition) is 7. The molecule has 0 spiro atoms. The van der Waals surface area contributed by atoms with Gasteiger partial charge in [-0.3, -0.25) is 9.59 Å². The molecule has 0 saturated heterocycles. The summed E-state index contributed by atoms with van der Waals surface area (Å²) in [6.45, 7) is 2.34. The third-order valence-corrected chi connectivity index (χ3v) is 7.33. The normalized spacial score (nSPS) is 16.2. The van der Waals surface area contributed by atoms with E-state index < -0.39 is 21.0 Å². The highest BCUT2D eigenvalue weighted by Gasteiger charge is 2.35. The predicted octanol–water partition coefficient (Wildman–Crippen LogP) is 2.78. The molecule has 1 aromatic carbocycles. The van der Waals surface area contributed by atoms with Gasteiger partial charge in [-0.15, -0.1) is 0 Å². The monoisotopic (exact) mass is 461 g/mol. The summed E-state index contributed by atoms with van der Waals surface area (Å²) in [6.07, 6.45) is 5.55. The Hall–Kier alpha value is -2.72. The number of nitrogens with zero attached hydrogens (tertiary/aromatic N) is 2. The Kier molecular flexibility index (Phi) is 7.80. The molecule has 1 aliphatic heterocycles. The lowest BCUT2D eigenvalue weighted by Crippen LogP contribution is -2.34. The van der Waals surface area contributed by atoms with Gasteiger partial charge in [-0.25, -0.2) is 13.4 Å². The summed E-state index contributed by atoms with van der Waals surface area (Å²) in [5.41, 5.74) is 1.05. The number of unbranched alkanes of at least 4 members (excludes halogenated alkanes) is 1. The summed E-state index contributed by atoms with van der Waals surface area (Å²) < 4.78 is 30.8. The molecule has 1 N–H and O–H groups in total. The van der Waals surface area contributed by atoms with E-state index in [9.17, 15) is 18.0 Å². The summed E-state index contributed by atoms with van der Waals surface area (Å²) in [6, 6.07) is 10.0. The van der Waals surface area contributed by atoms with E-state index in [-0.39, 0.29) is 28.3 Å². The Bertz CT molecular complexity index is 1070. The number of furan rings is 1. The average molecular weight is 462 g/mol. The summed E-state index contributed by atoms with van der Waals surface area (Å²) in [5, 5.41) is 1.25. The Morgan fingerprint density at radius 3 is 2.65 bits per heavy atom. The summed E-state index contributed by atoms with van der Waals surface area (Å²) in [5.74, 6) is -0.498. The van der Waals surface area contributed by atoms with Crippen molar-refractivity contribution in [2.24, 2.45) is 9.98 Å². The number of benzene rings is 1. The first-order valence-electron chi connectivity index (χ1n) is 9.81. The lowest BCUT2D eigenvalue weighted by atomic mass is 10.1. The Morgan fingerprint density at radius 1 is 1.23 bits per heavy atom. The Labute approximate surface area is 185 Å². The molecular formula is C21H23N3O5S2. The van der Waals surface area contributed by atoms with Gasteiger partial charge in [0.15, 0.2) is 20.3 Å². The molecule has 3 rings (SSSR count). The second kappa shape index (κ2) is 10.5. The second-order valence-electron chi connectivity index (χ2n) is 6.87. The molecule has 1 unspecified atom stereocenters. The van der Waals surface area contributed by atoms with Crippen LogP contribution in [0.5, 0.6) is 0 Å². The molecule has 31 heavy (non-hydrogen) atoms. The Balaban J connectivity index is 1.56. The molecular weight excluding hydrogens is 438 g/mol. The van der Waals surface area contributed by atoms with Crippen molar-refractivity contribution in [3.63, 3.8) is 0 Å². The number of thioether (sulfide) groups is 1. The number of aryl methyl sites for hydroxylation is 1. The number of nitrogens with one attached hydrogen (secondary N) is 1. The smallest absolute Gasteiger partial charge is 0.272 e. The standard InChI is InChI=1S/C21H23N3O5S2/c1-2-3-5-15-7-9-17(10-8-15)31(27,28)18-13-23-21(24-20(18)26)30-14-19(25)22-12-16-6-4-11-29-16/h4,6-11,13,18H,2-3,5,12,14H2,1H3,(H,22,25). The molecule has 1 aliphatic rings. The lowest BCUT2D eigenvalue weighted by Gasteiger charge is -2.14. The minimum absolute atomic E-state index is 0.0131. The van der Waals surface area contributed by atoms with E-state index in [0.717, 1.165) is 42.8 Å². The minimum Gasteiger partial charge on any atom is -0.467 e. The van der Waals surface area contributed by atoms with Gasteiger partial charge in [0.1, 0.15) is 5.76 Å². The van der Waals surface area contributed by atoms with Gasteiger partial charge < -0.3 is 9.73 Å². The maximum Gasteiger partial charge on any atom is 0.272 e. The summed E-state index contributed by atoms with van der Waals surface area (Å²) in [7, 11) is -3.94. The molecule has 2 heterocycles. The first-order valence-corrected chi connectivity index (χ1v) is 12.3. The zero-order valence-corrected chi connectivity index (χ0v) is 18.6. The van der Waals surface area contributed by atoms with Crippen LogP contribution in [-0.4, -0.2) is 42.6 Å². The van der Waals surface area contributed by atoms with Gasteiger partial charge >= 0.3 is 0 Å². The maximum atomic E-state index is 12.8. The van der Waals surface area contributed by atoms with Gasteiger partial charge in [0.05, 0.1) is 23.5 Å². The summed E-state index contributed by atoms with van der Waals surface area (Å²) in [4.78, 5) is 32.1. The van der Waals surface area contributed by atoms with E-state index in [0.29, 0.717) is 5.76 Å². The molecule has 0 fully saturated rings. The molecule has 1 atom stereocenters. The topological polar surface area (TPSA) is 118 Å². The number of amidine groups is 1. The Morgan fingerprint density at radius 2 is 2.00 bits per heavy atom. The van der Waals surface area contributed by atoms with Crippen molar-refractivity contribution in [2.75, 3.05) is 5.75 Å². The molecule has 1 aromatic heterocycles. The molecule has 0 radical (unpaired) electrons. The van der Waals surface area contributed by atoms with Gasteiger partial charge in [0.25, 0.3) is 5.91 Å². The van der Waals surface area contributed by atoms with Crippen LogP contribution in [-0.2, 0) is 32.4 Å². The van der Waals surface area contributed by atoms with Crippen LogP contribution in [0.3, 0.4) is 0 Å². The van der Waals surface area contributed by atoms with Crippen LogP contribution in [0.4, 0.5) is 0 Å². The molecule has 2 amide bonds. The average Bonchev–Trinajstić information content (AvgIpc) is 3.28. The maximum absolute atomic E-state index is 12.8. The van der Waals surface area contributed by atoms with Gasteiger partial charge in [-0.2, -0.15) is 4.99 Å². The van der Waals surface area contributed by atoms with E-state index in [4.69, 9.17) is 4.42 Å². The molecule has 0 saturated carbocycles. The van der Waals surface area contributed by atoms with Crippen LogP contribution in [0.2, 0.25) is 0 Å². The predicted molar refractivity (Wildman–Crippen MR) is 120 cm³/mol. The fourth-order valence-corrected chi connectivity index (χ4v) is 4.82. The SMILES string of the molecule is CCCCc1ccc(S(=O)(=O)C2C=NC(SCC(=O)NCc3ccco3)=NC2=O)cc1. The van der Waals surface area contributed by atoms with Crippen molar-refractivity contribution in [3.05, 3.63) is 54.0 Å². The minimum atomic E-state index is -3.94. The van der Waals surface area contributed by atoms with Gasteiger partial charge in [-0.1, -0.05) is 37.2 Å². The van der Waals surface area contributed by atoms with Crippen LogP contribution in [0.1, 0.15) is 31.1 Å². The largest absolute Gasteiger partial charge is 0.467 e.